The van der Waals surface area contributed by atoms with E-state index in [1.807, 2.05) is 0 Å². The minimum Gasteiger partial charge on any atom is -0.458 e. The van der Waals surface area contributed by atoms with Crippen molar-refractivity contribution in [3.8, 4) is 0 Å². The van der Waals surface area contributed by atoms with Crippen LogP contribution in [-0.4, -0.2) is 30.1 Å². The molecule has 0 aromatic heterocycles. The van der Waals surface area contributed by atoms with Crippen LogP contribution in [0, 0.1) is 24.7 Å². The fourth-order valence-electron chi connectivity index (χ4n) is 5.98. The molecule has 6 heteroatoms. The summed E-state index contributed by atoms with van der Waals surface area (Å²) in [4.78, 5) is 34.9. The molecular weight excluding hydrogens is 444 g/mol. The van der Waals surface area contributed by atoms with Crippen molar-refractivity contribution < 1.29 is 28.6 Å². The molecule has 35 heavy (non-hydrogen) atoms. The van der Waals surface area contributed by atoms with E-state index in [-0.39, 0.29) is 42.0 Å². The van der Waals surface area contributed by atoms with Crippen LogP contribution in [0.3, 0.4) is 0 Å². The Balaban J connectivity index is 0.000000167. The van der Waals surface area contributed by atoms with Gasteiger partial charge in [-0.15, -0.1) is 0 Å². The number of hydrogen-bond acceptors (Lipinski definition) is 6. The van der Waals surface area contributed by atoms with Gasteiger partial charge in [-0.05, 0) is 64.9 Å². The van der Waals surface area contributed by atoms with E-state index >= 15 is 0 Å². The van der Waals surface area contributed by atoms with E-state index in [0.29, 0.717) is 17.1 Å². The summed E-state index contributed by atoms with van der Waals surface area (Å²) in [7, 11) is 0. The fraction of sp³-hybridized carbons (Fsp3) is 0.552. The number of carbonyl (C=O) groups excluding carboxylic acids is 3. The standard InChI is InChI=1S/C17H22O2.C12H14O4/c1-13(2)16(18)19-17(11-5-4-6-12-17)15-9-7-14(3)8-10-15;1-5(2)11(13)15-9-6-3-7-8(4-6)12(14)16-10(7)9/h7-10H,1,4-6,11-12H2,2-3H3;6-10H,1,3-4H2,2H3. The van der Waals surface area contributed by atoms with Crippen LogP contribution in [0.5, 0.6) is 0 Å². The number of ether oxygens (including phenoxy) is 3. The van der Waals surface area contributed by atoms with Gasteiger partial charge in [-0.2, -0.15) is 0 Å². The van der Waals surface area contributed by atoms with Crippen molar-refractivity contribution in [1.82, 2.24) is 0 Å². The second kappa shape index (κ2) is 10.00. The lowest BCUT2D eigenvalue weighted by Gasteiger charge is -2.37. The molecule has 1 saturated heterocycles. The first-order valence-electron chi connectivity index (χ1n) is 12.6. The van der Waals surface area contributed by atoms with Gasteiger partial charge in [-0.1, -0.05) is 49.4 Å². The summed E-state index contributed by atoms with van der Waals surface area (Å²) >= 11 is 0. The Morgan fingerprint density at radius 1 is 0.971 bits per heavy atom. The van der Waals surface area contributed by atoms with Crippen molar-refractivity contribution in [2.24, 2.45) is 17.8 Å². The van der Waals surface area contributed by atoms with Crippen LogP contribution in [0.1, 0.15) is 69.9 Å². The van der Waals surface area contributed by atoms with Gasteiger partial charge in [0.25, 0.3) is 0 Å². The molecule has 1 heterocycles. The SMILES string of the molecule is C=C(C)C(=O)OC1(c2ccc(C)cc2)CCCCC1.C=C(C)C(=O)OC1C2CC3C(=O)OC1C3C2. The Morgan fingerprint density at radius 2 is 1.60 bits per heavy atom. The first kappa shape index (κ1) is 25.2. The summed E-state index contributed by atoms with van der Waals surface area (Å²) in [6, 6.07) is 8.35. The quantitative estimate of drug-likeness (QED) is 0.322. The number of benzene rings is 1. The molecule has 1 aromatic rings. The van der Waals surface area contributed by atoms with E-state index in [9.17, 15) is 14.4 Å². The highest BCUT2D eigenvalue weighted by Crippen LogP contribution is 2.55. The molecule has 5 rings (SSSR count). The molecule has 0 amide bonds. The second-order valence-electron chi connectivity index (χ2n) is 10.6. The average Bonchev–Trinajstić information content (AvgIpc) is 3.45. The molecular formula is C29H36O6. The van der Waals surface area contributed by atoms with Crippen molar-refractivity contribution in [2.75, 3.05) is 0 Å². The zero-order valence-corrected chi connectivity index (χ0v) is 21.0. The first-order valence-corrected chi connectivity index (χ1v) is 12.6. The minimum absolute atomic E-state index is 0.0646. The number of hydrogen-bond donors (Lipinski definition) is 0. The Hall–Kier alpha value is -2.89. The summed E-state index contributed by atoms with van der Waals surface area (Å²) in [5.74, 6) is -0.115. The average molecular weight is 481 g/mol. The topological polar surface area (TPSA) is 78.9 Å². The van der Waals surface area contributed by atoms with Crippen molar-refractivity contribution >= 4 is 17.9 Å². The Kier molecular flexibility index (Phi) is 7.20. The minimum atomic E-state index is -0.442. The number of carbonyl (C=O) groups is 3. The Labute approximate surface area is 207 Å². The fourth-order valence-corrected chi connectivity index (χ4v) is 5.98. The summed E-state index contributed by atoms with van der Waals surface area (Å²) in [5.41, 5.74) is 2.76. The lowest BCUT2D eigenvalue weighted by molar-refractivity contribution is -0.160. The summed E-state index contributed by atoms with van der Waals surface area (Å²) < 4.78 is 16.5. The van der Waals surface area contributed by atoms with Gasteiger partial charge >= 0.3 is 17.9 Å². The molecule has 3 aliphatic carbocycles. The Bertz CT molecular complexity index is 1020. The second-order valence-corrected chi connectivity index (χ2v) is 10.6. The van der Waals surface area contributed by atoms with Gasteiger partial charge in [0.05, 0.1) is 5.92 Å². The van der Waals surface area contributed by atoms with Gasteiger partial charge in [0.1, 0.15) is 17.8 Å². The lowest BCUT2D eigenvalue weighted by atomic mass is 9.79. The molecule has 2 bridgehead atoms. The van der Waals surface area contributed by atoms with E-state index in [1.54, 1.807) is 13.8 Å². The number of aryl methyl sites for hydroxylation is 1. The van der Waals surface area contributed by atoms with E-state index < -0.39 is 5.60 Å². The number of esters is 3. The smallest absolute Gasteiger partial charge is 0.333 e. The van der Waals surface area contributed by atoms with Gasteiger partial charge in [-0.3, -0.25) is 4.79 Å². The molecule has 1 aromatic carbocycles. The predicted molar refractivity (Wildman–Crippen MR) is 131 cm³/mol. The summed E-state index contributed by atoms with van der Waals surface area (Å²) in [6.07, 6.45) is 6.59. The first-order chi connectivity index (χ1) is 16.6. The van der Waals surface area contributed by atoms with Crippen LogP contribution < -0.4 is 0 Å². The van der Waals surface area contributed by atoms with Crippen LogP contribution >= 0.6 is 0 Å². The number of fused-ring (bicyclic) bond motifs is 1. The maximum atomic E-state index is 11.9. The summed E-state index contributed by atoms with van der Waals surface area (Å²) in [6.45, 7) is 12.6. The van der Waals surface area contributed by atoms with Crippen molar-refractivity contribution in [3.63, 3.8) is 0 Å². The molecule has 6 nitrogen and oxygen atoms in total. The van der Waals surface area contributed by atoms with E-state index in [0.717, 1.165) is 44.1 Å². The molecule has 3 saturated carbocycles. The normalized spacial score (nSPS) is 29.5. The maximum absolute atomic E-state index is 11.9. The van der Waals surface area contributed by atoms with Gasteiger partial charge < -0.3 is 14.2 Å². The van der Waals surface area contributed by atoms with Crippen LogP contribution in [0.4, 0.5) is 0 Å². The van der Waals surface area contributed by atoms with Gasteiger partial charge in [-0.25, -0.2) is 9.59 Å². The molecule has 0 spiro atoms. The number of rotatable bonds is 5. The zero-order chi connectivity index (χ0) is 25.3. The van der Waals surface area contributed by atoms with E-state index in [1.165, 1.54) is 12.0 Å². The molecule has 5 atom stereocenters. The van der Waals surface area contributed by atoms with E-state index in [4.69, 9.17) is 14.2 Å². The van der Waals surface area contributed by atoms with Gasteiger partial charge in [0, 0.05) is 23.0 Å². The maximum Gasteiger partial charge on any atom is 0.333 e. The van der Waals surface area contributed by atoms with Crippen molar-refractivity contribution in [2.45, 2.75) is 83.5 Å². The van der Waals surface area contributed by atoms with Crippen LogP contribution in [0.15, 0.2) is 48.6 Å². The highest BCUT2D eigenvalue weighted by molar-refractivity contribution is 5.87. The molecule has 0 radical (unpaired) electrons. The third-order valence-corrected chi connectivity index (χ3v) is 7.88. The molecule has 188 valence electrons. The Morgan fingerprint density at radius 3 is 2.20 bits per heavy atom. The van der Waals surface area contributed by atoms with Crippen LogP contribution in [0.2, 0.25) is 0 Å². The third-order valence-electron chi connectivity index (χ3n) is 7.88. The van der Waals surface area contributed by atoms with Crippen LogP contribution in [-0.2, 0) is 34.2 Å². The zero-order valence-electron chi connectivity index (χ0n) is 21.0. The van der Waals surface area contributed by atoms with Gasteiger partial charge in [0.2, 0.25) is 0 Å². The molecule has 4 aliphatic rings. The summed E-state index contributed by atoms with van der Waals surface area (Å²) in [5, 5.41) is 0. The van der Waals surface area contributed by atoms with Crippen molar-refractivity contribution in [1.29, 1.82) is 0 Å². The van der Waals surface area contributed by atoms with Crippen LogP contribution in [0.25, 0.3) is 0 Å². The lowest BCUT2D eigenvalue weighted by Crippen LogP contribution is -2.36. The highest BCUT2D eigenvalue weighted by Gasteiger charge is 2.63. The largest absolute Gasteiger partial charge is 0.458 e. The predicted octanol–water partition coefficient (Wildman–Crippen LogP) is 5.33. The highest BCUT2D eigenvalue weighted by atomic mass is 16.6. The molecule has 0 N–H and O–H groups in total. The molecule has 5 unspecified atom stereocenters. The third kappa shape index (κ3) is 5.07. The molecule has 1 aliphatic heterocycles. The van der Waals surface area contributed by atoms with Crippen molar-refractivity contribution in [3.05, 3.63) is 59.7 Å². The van der Waals surface area contributed by atoms with Gasteiger partial charge in [0.15, 0.2) is 0 Å². The monoisotopic (exact) mass is 480 g/mol. The van der Waals surface area contributed by atoms with E-state index in [2.05, 4.69) is 44.3 Å². The molecule has 4 fully saturated rings.